The van der Waals surface area contributed by atoms with Gasteiger partial charge < -0.3 is 19.9 Å². The molecular formula is C36H48N12O6S2. The second-order valence-electron chi connectivity index (χ2n) is 15.0. The van der Waals surface area contributed by atoms with E-state index in [4.69, 9.17) is 26.2 Å². The van der Waals surface area contributed by atoms with Crippen LogP contribution in [0, 0.1) is 11.5 Å². The number of ether oxygens (including phenoxy) is 1. The molecule has 56 heavy (non-hydrogen) atoms. The summed E-state index contributed by atoms with van der Waals surface area (Å²) in [5, 5.41) is 22.2. The van der Waals surface area contributed by atoms with Gasteiger partial charge in [0.05, 0.1) is 0 Å². The lowest BCUT2D eigenvalue weighted by atomic mass is 9.99. The summed E-state index contributed by atoms with van der Waals surface area (Å²) >= 11 is 0. The van der Waals surface area contributed by atoms with Crippen LogP contribution in [0.2, 0.25) is 0 Å². The zero-order chi connectivity index (χ0) is 39.9. The van der Waals surface area contributed by atoms with Crippen LogP contribution in [0.25, 0.3) is 20.9 Å². The van der Waals surface area contributed by atoms with E-state index in [1.54, 1.807) is 0 Å². The van der Waals surface area contributed by atoms with Crippen LogP contribution in [-0.2, 0) is 71.4 Å². The van der Waals surface area contributed by atoms with Crippen LogP contribution in [0.3, 0.4) is 0 Å². The minimum atomic E-state index is -3.74. The lowest BCUT2D eigenvalue weighted by molar-refractivity contribution is 0.189. The lowest BCUT2D eigenvalue weighted by Crippen LogP contribution is -2.58. The molecule has 0 radical (unpaired) electrons. The Labute approximate surface area is 327 Å². The van der Waals surface area contributed by atoms with Gasteiger partial charge in [-0.25, -0.2) is 31.5 Å². The first-order chi connectivity index (χ1) is 26.9. The second-order valence-corrected chi connectivity index (χ2v) is 18.8. The van der Waals surface area contributed by atoms with E-state index in [1.165, 1.54) is 57.3 Å². The summed E-state index contributed by atoms with van der Waals surface area (Å²) < 4.78 is 53.9. The molecule has 2 aromatic rings. The van der Waals surface area contributed by atoms with Crippen molar-refractivity contribution in [3.63, 3.8) is 0 Å². The highest BCUT2D eigenvalue weighted by Crippen LogP contribution is 2.40. The number of hydrogen-bond donors (Lipinski definition) is 3. The average molecular weight is 809 g/mol. The van der Waals surface area contributed by atoms with Crippen molar-refractivity contribution < 1.29 is 26.4 Å². The minimum absolute atomic E-state index is 0.307. The smallest absolute Gasteiger partial charge is 0.332 e. The van der Waals surface area contributed by atoms with Gasteiger partial charge in [0.15, 0.2) is 0 Å². The molecule has 0 spiro atoms. The summed E-state index contributed by atoms with van der Waals surface area (Å²) in [5.41, 5.74) is 27.4. The third kappa shape index (κ3) is 9.67. The van der Waals surface area contributed by atoms with E-state index in [1.807, 2.05) is 16.1 Å². The maximum absolute atomic E-state index is 12.5. The molecule has 4 aliphatic carbocycles. The number of aryl methyl sites for hydroxylation is 4. The van der Waals surface area contributed by atoms with Gasteiger partial charge in [0.1, 0.15) is 16.2 Å². The Kier molecular flexibility index (Phi) is 13.3. The number of likely N-dealkylation sites (tertiary alicyclic amines) is 2. The molecule has 0 unspecified atom stereocenters. The van der Waals surface area contributed by atoms with E-state index in [0.29, 0.717) is 52.4 Å². The summed E-state index contributed by atoms with van der Waals surface area (Å²) in [7, 11) is -7.12. The minimum Gasteiger partial charge on any atom is -0.387 e. The number of urea groups is 1. The highest BCUT2D eigenvalue weighted by Gasteiger charge is 2.38. The third-order valence-electron chi connectivity index (χ3n) is 11.4. The largest absolute Gasteiger partial charge is 0.387 e. The van der Waals surface area contributed by atoms with E-state index >= 15 is 0 Å². The zero-order valence-electron chi connectivity index (χ0n) is 31.3. The summed E-state index contributed by atoms with van der Waals surface area (Å²) in [6.45, 7) is 3.34. The Bertz CT molecular complexity index is 2120. The second kappa shape index (κ2) is 18.1. The van der Waals surface area contributed by atoms with Crippen molar-refractivity contribution in [2.24, 2.45) is 15.4 Å². The first-order valence-corrected chi connectivity index (χ1v) is 22.3. The molecule has 2 saturated heterocycles. The number of carbonyl (C=O) groups excluding carboxylic acids is 1. The highest BCUT2D eigenvalue weighted by molar-refractivity contribution is 7.90. The maximum atomic E-state index is 12.5. The van der Waals surface area contributed by atoms with Crippen molar-refractivity contribution in [3.05, 3.63) is 77.5 Å². The summed E-state index contributed by atoms with van der Waals surface area (Å²) in [4.78, 5) is 21.5. The number of nitrogens with two attached hydrogens (primary N) is 1. The Balaban J connectivity index is 0.000000159. The van der Waals surface area contributed by atoms with E-state index in [2.05, 4.69) is 42.2 Å². The normalized spacial score (nSPS) is 18.4. The summed E-state index contributed by atoms with van der Waals surface area (Å²) in [5.74, 6) is 0.903. The Hall–Kier alpha value is -4.60. The molecule has 2 heterocycles. The number of carbonyl (C=O) groups is 1. The SMILES string of the molecule is N#COc1c2c(cc3c1CCC3)CCC2.[N-]=[N+]=NCCN1CC(S(=O)(=O)NC(=O)Nc2c3c(cc4c2CCC4)CCC3)C1.[N-]=[N+]=NCCN1CC(S(N)(=O)=O)C1. The van der Waals surface area contributed by atoms with Gasteiger partial charge >= 0.3 is 6.03 Å². The van der Waals surface area contributed by atoms with E-state index in [-0.39, 0.29) is 0 Å². The van der Waals surface area contributed by atoms with Gasteiger partial charge in [-0.2, -0.15) is 0 Å². The quantitative estimate of drug-likeness (QED) is 0.128. The van der Waals surface area contributed by atoms with E-state index in [9.17, 15) is 21.6 Å². The van der Waals surface area contributed by atoms with E-state index in [0.717, 1.165) is 75.6 Å². The topological polar surface area (TPSA) is 272 Å². The number of fused-ring (bicyclic) bond motifs is 4. The molecular weight excluding hydrogens is 761 g/mol. The molecule has 0 saturated carbocycles. The number of hydrogen-bond acceptors (Lipinski definition) is 11. The Morgan fingerprint density at radius 3 is 1.62 bits per heavy atom. The van der Waals surface area contributed by atoms with Gasteiger partial charge in [-0.15, -0.1) is 5.26 Å². The van der Waals surface area contributed by atoms with Crippen molar-refractivity contribution in [2.75, 3.05) is 57.7 Å². The summed E-state index contributed by atoms with van der Waals surface area (Å²) in [6.07, 6.45) is 14.8. The Morgan fingerprint density at radius 2 is 1.20 bits per heavy atom. The molecule has 0 atom stereocenters. The molecule has 6 aliphatic rings. The predicted molar refractivity (Wildman–Crippen MR) is 210 cm³/mol. The maximum Gasteiger partial charge on any atom is 0.332 e. The molecule has 2 aromatic carbocycles. The van der Waals surface area contributed by atoms with Crippen LogP contribution in [0.5, 0.6) is 5.75 Å². The molecule has 300 valence electrons. The first-order valence-electron chi connectivity index (χ1n) is 19.1. The summed E-state index contributed by atoms with van der Waals surface area (Å²) in [6, 6.07) is 3.93. The van der Waals surface area contributed by atoms with Crippen molar-refractivity contribution in [1.82, 2.24) is 14.5 Å². The highest BCUT2D eigenvalue weighted by atomic mass is 32.2. The zero-order valence-corrected chi connectivity index (χ0v) is 33.0. The number of azide groups is 2. The van der Waals surface area contributed by atoms with Gasteiger partial charge in [0.25, 0.3) is 6.26 Å². The number of nitrogens with one attached hydrogen (secondary N) is 2. The predicted octanol–water partition coefficient (Wildman–Crippen LogP) is 3.90. The monoisotopic (exact) mass is 808 g/mol. The number of nitrogens with zero attached hydrogens (tertiary/aromatic N) is 9. The van der Waals surface area contributed by atoms with Crippen LogP contribution >= 0.6 is 0 Å². The lowest BCUT2D eigenvalue weighted by Gasteiger charge is -2.38. The fourth-order valence-corrected chi connectivity index (χ4v) is 10.7. The molecule has 18 nitrogen and oxygen atoms in total. The molecule has 2 aliphatic heterocycles. The van der Waals surface area contributed by atoms with Gasteiger partial charge in [-0.1, -0.05) is 22.4 Å². The first kappa shape index (κ1) is 41.0. The molecule has 4 N–H and O–H groups in total. The van der Waals surface area contributed by atoms with Gasteiger partial charge in [-0.3, -0.25) is 0 Å². The number of sulfonamides is 2. The fourth-order valence-electron chi connectivity index (χ4n) is 8.53. The number of benzene rings is 2. The molecule has 2 amide bonds. The van der Waals surface area contributed by atoms with Crippen molar-refractivity contribution >= 4 is 31.8 Å². The number of amides is 2. The van der Waals surface area contributed by atoms with Crippen LogP contribution < -0.4 is 19.9 Å². The van der Waals surface area contributed by atoms with E-state index < -0.39 is 36.6 Å². The molecule has 0 aromatic heterocycles. The fraction of sp³-hybridized carbons (Fsp3) is 0.611. The molecule has 8 rings (SSSR count). The molecule has 20 heteroatoms. The van der Waals surface area contributed by atoms with Gasteiger partial charge in [0.2, 0.25) is 20.0 Å². The Morgan fingerprint density at radius 1 is 0.768 bits per heavy atom. The van der Waals surface area contributed by atoms with Crippen molar-refractivity contribution in [2.45, 2.75) is 87.5 Å². The van der Waals surface area contributed by atoms with Crippen molar-refractivity contribution in [3.8, 4) is 12.0 Å². The van der Waals surface area contributed by atoms with Crippen LogP contribution in [0.15, 0.2) is 22.4 Å². The van der Waals surface area contributed by atoms with Crippen LogP contribution in [-0.4, -0.2) is 95.5 Å². The number of primary sulfonamides is 1. The van der Waals surface area contributed by atoms with Crippen LogP contribution in [0.1, 0.15) is 70.2 Å². The van der Waals surface area contributed by atoms with Gasteiger partial charge in [0, 0.05) is 67.9 Å². The molecule has 0 bridgehead atoms. The average Bonchev–Trinajstić information content (AvgIpc) is 3.94. The van der Waals surface area contributed by atoms with Crippen LogP contribution in [0.4, 0.5) is 10.5 Å². The number of rotatable bonds is 11. The third-order valence-corrected chi connectivity index (χ3v) is 14.3. The standard InChI is InChI=1S/C18H24N6O3S.C13H13NO.C5H11N5O2S/c19-23-20-7-8-24-10-14(11-24)28(26,27)22-18(25)21-17-15-5-1-3-12(15)9-13-4-2-6-16(13)17;14-8-15-13-11-5-1-3-9(11)7-10-4-2-6-12(10)13;6-9-8-1-2-10-3-5(4-10)13(7,11)12/h9,14H,1-8,10-11H2,(H2,21,22,25);7H,1-6H2;5H,1-4H2,(H2,7,11,12). The van der Waals surface area contributed by atoms with Gasteiger partial charge in [-0.05, 0) is 133 Å². The number of anilines is 1. The molecule has 2 fully saturated rings. The number of nitriles is 1. The van der Waals surface area contributed by atoms with Crippen molar-refractivity contribution in [1.29, 1.82) is 5.26 Å².